The Labute approximate surface area is 151 Å². The second-order valence-electron chi connectivity index (χ2n) is 7.75. The lowest BCUT2D eigenvalue weighted by Gasteiger charge is -2.40. The average molecular weight is 345 g/mol. The van der Waals surface area contributed by atoms with Gasteiger partial charge in [-0.25, -0.2) is 0 Å². The van der Waals surface area contributed by atoms with Crippen LogP contribution in [0.4, 0.5) is 0 Å². The van der Waals surface area contributed by atoms with E-state index in [1.54, 1.807) is 7.11 Å². The predicted molar refractivity (Wildman–Crippen MR) is 98.9 cm³/mol. The van der Waals surface area contributed by atoms with Crippen LogP contribution in [-0.2, 0) is 11.2 Å². The number of carbonyl (C=O) groups excluding carboxylic acids is 1. The monoisotopic (exact) mass is 345 g/mol. The second kappa shape index (κ2) is 7.77. The minimum Gasteiger partial charge on any atom is -0.497 e. The standard InChI is InChI=1S/C21H31NO3/c1-3-21(15-23)9-11-22(12-10-21)20(24)14-17-6-4-5-16-13-18(25-2)7-8-19(16)17/h7-8,13,17,23H,3-6,9-12,14-15H2,1-2H3. The summed E-state index contributed by atoms with van der Waals surface area (Å²) < 4.78 is 5.34. The molecular formula is C21H31NO3. The van der Waals surface area contributed by atoms with Crippen LogP contribution in [0.3, 0.4) is 0 Å². The third-order valence-electron chi connectivity index (χ3n) is 6.47. The van der Waals surface area contributed by atoms with Crippen molar-refractivity contribution in [3.63, 3.8) is 0 Å². The SMILES string of the molecule is CCC1(CO)CCN(C(=O)CC2CCCc3cc(OC)ccc32)CC1. The maximum Gasteiger partial charge on any atom is 0.223 e. The molecule has 1 unspecified atom stereocenters. The summed E-state index contributed by atoms with van der Waals surface area (Å²) in [7, 11) is 1.70. The van der Waals surface area contributed by atoms with E-state index in [1.165, 1.54) is 11.1 Å². The second-order valence-corrected chi connectivity index (χ2v) is 7.75. The molecule has 1 atom stereocenters. The molecule has 1 amide bonds. The van der Waals surface area contributed by atoms with Gasteiger partial charge in [0, 0.05) is 26.1 Å². The third-order valence-corrected chi connectivity index (χ3v) is 6.47. The van der Waals surface area contributed by atoms with Crippen molar-refractivity contribution in [3.05, 3.63) is 29.3 Å². The highest BCUT2D eigenvalue weighted by atomic mass is 16.5. The summed E-state index contributed by atoms with van der Waals surface area (Å²) in [5, 5.41) is 9.67. The van der Waals surface area contributed by atoms with Crippen molar-refractivity contribution in [1.82, 2.24) is 4.90 Å². The first kappa shape index (κ1) is 18.2. The smallest absolute Gasteiger partial charge is 0.223 e. The molecule has 4 heteroatoms. The van der Waals surface area contributed by atoms with Gasteiger partial charge in [-0.1, -0.05) is 13.0 Å². The lowest BCUT2D eigenvalue weighted by atomic mass is 9.76. The van der Waals surface area contributed by atoms with Gasteiger partial charge in [0.1, 0.15) is 5.75 Å². The van der Waals surface area contributed by atoms with Crippen LogP contribution in [0, 0.1) is 5.41 Å². The number of carbonyl (C=O) groups is 1. The molecule has 0 spiro atoms. The largest absolute Gasteiger partial charge is 0.497 e. The minimum absolute atomic E-state index is 0.0325. The van der Waals surface area contributed by atoms with Crippen LogP contribution in [0.5, 0.6) is 5.75 Å². The van der Waals surface area contributed by atoms with Crippen LogP contribution in [0.25, 0.3) is 0 Å². The predicted octanol–water partition coefficient (Wildman–Crippen LogP) is 3.52. The Hall–Kier alpha value is -1.55. The first-order chi connectivity index (χ1) is 12.1. The van der Waals surface area contributed by atoms with Gasteiger partial charge in [-0.15, -0.1) is 0 Å². The number of methoxy groups -OCH3 is 1. The van der Waals surface area contributed by atoms with Gasteiger partial charge in [-0.2, -0.15) is 0 Å². The Balaban J connectivity index is 1.63. The van der Waals surface area contributed by atoms with E-state index >= 15 is 0 Å². The van der Waals surface area contributed by atoms with E-state index in [2.05, 4.69) is 19.1 Å². The van der Waals surface area contributed by atoms with E-state index < -0.39 is 0 Å². The molecule has 1 saturated heterocycles. The summed E-state index contributed by atoms with van der Waals surface area (Å²) in [4.78, 5) is 14.8. The summed E-state index contributed by atoms with van der Waals surface area (Å²) in [5.41, 5.74) is 2.70. The highest BCUT2D eigenvalue weighted by Gasteiger charge is 2.34. The fourth-order valence-electron chi connectivity index (χ4n) is 4.42. The number of ether oxygens (including phenoxy) is 1. The van der Waals surface area contributed by atoms with Gasteiger partial charge in [-0.05, 0) is 73.1 Å². The van der Waals surface area contributed by atoms with Crippen molar-refractivity contribution in [3.8, 4) is 5.75 Å². The van der Waals surface area contributed by atoms with Crippen molar-refractivity contribution in [2.75, 3.05) is 26.8 Å². The molecule has 1 aliphatic heterocycles. The number of hydrogen-bond donors (Lipinski definition) is 1. The lowest BCUT2D eigenvalue weighted by Crippen LogP contribution is -2.44. The highest BCUT2D eigenvalue weighted by molar-refractivity contribution is 5.77. The number of piperidine rings is 1. The zero-order valence-electron chi connectivity index (χ0n) is 15.6. The number of likely N-dealkylation sites (tertiary alicyclic amines) is 1. The molecule has 25 heavy (non-hydrogen) atoms. The van der Waals surface area contributed by atoms with Gasteiger partial charge in [0.2, 0.25) is 5.91 Å². The molecule has 3 rings (SSSR count). The Morgan fingerprint density at radius 1 is 1.36 bits per heavy atom. The number of aliphatic hydroxyl groups excluding tert-OH is 1. The van der Waals surface area contributed by atoms with Gasteiger partial charge >= 0.3 is 0 Å². The number of fused-ring (bicyclic) bond motifs is 1. The molecule has 4 nitrogen and oxygen atoms in total. The molecule has 1 N–H and O–H groups in total. The van der Waals surface area contributed by atoms with Gasteiger partial charge in [-0.3, -0.25) is 4.79 Å². The molecule has 1 aliphatic carbocycles. The first-order valence-electron chi connectivity index (χ1n) is 9.66. The number of hydrogen-bond acceptors (Lipinski definition) is 3. The summed E-state index contributed by atoms with van der Waals surface area (Å²) in [6.45, 7) is 3.95. The number of rotatable bonds is 5. The van der Waals surface area contributed by atoms with Crippen LogP contribution in [0.2, 0.25) is 0 Å². The van der Waals surface area contributed by atoms with Gasteiger partial charge in [0.15, 0.2) is 0 Å². The molecule has 138 valence electrons. The molecule has 1 fully saturated rings. The van der Waals surface area contributed by atoms with Crippen molar-refractivity contribution < 1.29 is 14.6 Å². The maximum atomic E-state index is 12.8. The number of aryl methyl sites for hydroxylation is 1. The fourth-order valence-corrected chi connectivity index (χ4v) is 4.42. The average Bonchev–Trinajstić information content (AvgIpc) is 2.67. The summed E-state index contributed by atoms with van der Waals surface area (Å²) in [6, 6.07) is 6.29. The van der Waals surface area contributed by atoms with E-state index in [4.69, 9.17) is 4.74 Å². The lowest BCUT2D eigenvalue weighted by molar-refractivity contribution is -0.134. The summed E-state index contributed by atoms with van der Waals surface area (Å²) in [6.07, 6.45) is 6.75. The zero-order chi connectivity index (χ0) is 17.9. The highest BCUT2D eigenvalue weighted by Crippen LogP contribution is 2.38. The van der Waals surface area contributed by atoms with Crippen molar-refractivity contribution in [2.45, 2.75) is 57.8 Å². The third kappa shape index (κ3) is 3.84. The molecule has 1 heterocycles. The van der Waals surface area contributed by atoms with Crippen LogP contribution < -0.4 is 4.74 Å². The van der Waals surface area contributed by atoms with Gasteiger partial charge < -0.3 is 14.7 Å². The van der Waals surface area contributed by atoms with Crippen molar-refractivity contribution in [1.29, 1.82) is 0 Å². The molecule has 1 aromatic rings. The van der Waals surface area contributed by atoms with Crippen molar-refractivity contribution in [2.24, 2.45) is 5.41 Å². The topological polar surface area (TPSA) is 49.8 Å². The van der Waals surface area contributed by atoms with Crippen LogP contribution in [0.15, 0.2) is 18.2 Å². The maximum absolute atomic E-state index is 12.8. The van der Waals surface area contributed by atoms with Gasteiger partial charge in [0.05, 0.1) is 7.11 Å². The number of aliphatic hydroxyl groups is 1. The Morgan fingerprint density at radius 3 is 2.76 bits per heavy atom. The van der Waals surface area contributed by atoms with E-state index in [1.807, 2.05) is 11.0 Å². The molecule has 0 saturated carbocycles. The van der Waals surface area contributed by atoms with Crippen molar-refractivity contribution >= 4 is 5.91 Å². The minimum atomic E-state index is 0.0325. The summed E-state index contributed by atoms with van der Waals surface area (Å²) >= 11 is 0. The Kier molecular flexibility index (Phi) is 5.67. The molecule has 2 aliphatic rings. The van der Waals surface area contributed by atoms with E-state index in [-0.39, 0.29) is 17.9 Å². The normalized spacial score (nSPS) is 22.4. The molecule has 0 bridgehead atoms. The van der Waals surface area contributed by atoms with E-state index in [9.17, 15) is 9.90 Å². The van der Waals surface area contributed by atoms with Crippen LogP contribution in [0.1, 0.15) is 62.5 Å². The van der Waals surface area contributed by atoms with Crippen LogP contribution in [-0.4, -0.2) is 42.7 Å². The molecule has 0 aromatic heterocycles. The number of benzene rings is 1. The molecule has 1 aromatic carbocycles. The zero-order valence-corrected chi connectivity index (χ0v) is 15.6. The number of nitrogens with zero attached hydrogens (tertiary/aromatic N) is 1. The fraction of sp³-hybridized carbons (Fsp3) is 0.667. The molecule has 0 radical (unpaired) electrons. The Morgan fingerprint density at radius 2 is 2.12 bits per heavy atom. The Bertz CT molecular complexity index is 599. The first-order valence-corrected chi connectivity index (χ1v) is 9.66. The van der Waals surface area contributed by atoms with Crippen LogP contribution >= 0.6 is 0 Å². The van der Waals surface area contributed by atoms with Gasteiger partial charge in [0.25, 0.3) is 0 Å². The van der Waals surface area contributed by atoms with E-state index in [0.29, 0.717) is 12.3 Å². The summed E-state index contributed by atoms with van der Waals surface area (Å²) in [5.74, 6) is 1.51. The molecular weight excluding hydrogens is 314 g/mol. The number of amides is 1. The van der Waals surface area contributed by atoms with E-state index in [0.717, 1.165) is 57.4 Å². The quantitative estimate of drug-likeness (QED) is 0.888.